The van der Waals surface area contributed by atoms with Gasteiger partial charge in [0.1, 0.15) is 17.8 Å². The van der Waals surface area contributed by atoms with Crippen LogP contribution in [-0.4, -0.2) is 58.5 Å². The summed E-state index contributed by atoms with van der Waals surface area (Å²) in [5.74, 6) is -2.15. The molecule has 1 spiro atoms. The topological polar surface area (TPSA) is 78.7 Å². The summed E-state index contributed by atoms with van der Waals surface area (Å²) < 4.78 is 33.1. The number of carbonyl (C=O) groups excluding carboxylic acids is 1. The van der Waals surface area contributed by atoms with Crippen LogP contribution in [0.1, 0.15) is 38.5 Å². The minimum Gasteiger partial charge on any atom is -0.481 e. The lowest BCUT2D eigenvalue weighted by atomic mass is 9.66. The molecule has 0 radical (unpaired) electrons. The third-order valence-electron chi connectivity index (χ3n) is 7.91. The average molecular weight is 495 g/mol. The van der Waals surface area contributed by atoms with E-state index in [-0.39, 0.29) is 23.7 Å². The van der Waals surface area contributed by atoms with Crippen LogP contribution in [-0.2, 0) is 4.79 Å². The van der Waals surface area contributed by atoms with Gasteiger partial charge in [-0.15, -0.1) is 0 Å². The zero-order valence-corrected chi connectivity index (χ0v) is 20.1. The maximum Gasteiger partial charge on any atom is 0.260 e. The van der Waals surface area contributed by atoms with E-state index in [1.54, 1.807) is 11.2 Å². The minimum absolute atomic E-state index is 0.231. The summed E-state index contributed by atoms with van der Waals surface area (Å²) in [6.45, 7) is 7.74. The standard InChI is InChI=1S/C26H28F2N6O2/c1-29-19-3-4-20(23(28)22(19)27)36-15-21(35)34-13-10-26(11-14-34)8-5-17(6-9-26)33(2)25-18-7-12-30-24(18)31-16-32-25/h3-4,7,12,16-17H,5-6,8-11,13-15H2,2H3,(H,30,31,32). The fourth-order valence-corrected chi connectivity index (χ4v) is 5.60. The number of halogens is 2. The van der Waals surface area contributed by atoms with Crippen molar-refractivity contribution in [2.75, 3.05) is 31.6 Å². The normalized spacial score (nSPS) is 17.8. The van der Waals surface area contributed by atoms with Gasteiger partial charge in [0, 0.05) is 32.4 Å². The lowest BCUT2D eigenvalue weighted by Crippen LogP contribution is -2.47. The maximum absolute atomic E-state index is 14.1. The molecule has 1 aromatic carbocycles. The summed E-state index contributed by atoms with van der Waals surface area (Å²) >= 11 is 0. The quantitative estimate of drug-likeness (QED) is 0.513. The number of anilines is 1. The van der Waals surface area contributed by atoms with Gasteiger partial charge in [-0.2, -0.15) is 0 Å². The SMILES string of the molecule is [C-]#[N+]c1ccc(OCC(=O)N2CCC3(CCC(N(C)c4ncnc5[nH]ccc45)CC3)CC2)c(F)c1F. The molecule has 1 saturated carbocycles. The highest BCUT2D eigenvalue weighted by Crippen LogP contribution is 2.46. The van der Waals surface area contributed by atoms with Crippen molar-refractivity contribution in [3.05, 3.63) is 53.8 Å². The fourth-order valence-electron chi connectivity index (χ4n) is 5.60. The number of amides is 1. The molecular formula is C26H28F2N6O2. The van der Waals surface area contributed by atoms with E-state index in [9.17, 15) is 13.6 Å². The Labute approximate surface area is 208 Å². The lowest BCUT2D eigenvalue weighted by Gasteiger charge is -2.47. The van der Waals surface area contributed by atoms with E-state index in [1.165, 1.54) is 6.07 Å². The van der Waals surface area contributed by atoms with E-state index in [2.05, 4.69) is 31.7 Å². The number of aromatic nitrogens is 3. The molecular weight excluding hydrogens is 466 g/mol. The van der Waals surface area contributed by atoms with Crippen molar-refractivity contribution in [2.24, 2.45) is 5.41 Å². The molecule has 1 saturated heterocycles. The minimum atomic E-state index is -1.26. The largest absolute Gasteiger partial charge is 0.481 e. The summed E-state index contributed by atoms with van der Waals surface area (Å²) in [7, 11) is 2.10. The fraction of sp³-hybridized carbons (Fsp3) is 0.462. The van der Waals surface area contributed by atoms with Gasteiger partial charge in [-0.05, 0) is 62.1 Å². The Morgan fingerprint density at radius 2 is 1.94 bits per heavy atom. The number of fused-ring (bicyclic) bond motifs is 1. The molecule has 2 aliphatic rings. The molecule has 8 nitrogen and oxygen atoms in total. The van der Waals surface area contributed by atoms with E-state index in [1.807, 2.05) is 12.3 Å². The van der Waals surface area contributed by atoms with Gasteiger partial charge in [-0.25, -0.2) is 23.6 Å². The van der Waals surface area contributed by atoms with Crippen molar-refractivity contribution in [3.8, 4) is 5.75 Å². The van der Waals surface area contributed by atoms with Gasteiger partial charge in [0.25, 0.3) is 5.91 Å². The zero-order chi connectivity index (χ0) is 25.3. The van der Waals surface area contributed by atoms with Gasteiger partial charge < -0.3 is 19.5 Å². The highest BCUT2D eigenvalue weighted by Gasteiger charge is 2.40. The first kappa shape index (κ1) is 24.0. The van der Waals surface area contributed by atoms with Crippen LogP contribution in [0.4, 0.5) is 20.3 Å². The molecule has 2 aromatic heterocycles. The summed E-state index contributed by atoms with van der Waals surface area (Å²) in [6.07, 6.45) is 9.65. The molecule has 3 heterocycles. The van der Waals surface area contributed by atoms with E-state index >= 15 is 0 Å². The van der Waals surface area contributed by atoms with E-state index in [0.717, 1.165) is 61.4 Å². The Bertz CT molecular complexity index is 1300. The van der Waals surface area contributed by atoms with Gasteiger partial charge in [0.2, 0.25) is 5.69 Å². The smallest absolute Gasteiger partial charge is 0.260 e. The van der Waals surface area contributed by atoms with Crippen LogP contribution in [0.5, 0.6) is 5.75 Å². The number of H-pyrrole nitrogens is 1. The second-order valence-electron chi connectivity index (χ2n) is 9.77. The predicted molar refractivity (Wildman–Crippen MR) is 131 cm³/mol. The Morgan fingerprint density at radius 1 is 1.19 bits per heavy atom. The lowest BCUT2D eigenvalue weighted by molar-refractivity contribution is -0.136. The Morgan fingerprint density at radius 3 is 2.67 bits per heavy atom. The van der Waals surface area contributed by atoms with E-state index in [0.29, 0.717) is 19.1 Å². The number of aromatic amines is 1. The first-order valence-corrected chi connectivity index (χ1v) is 12.2. The number of likely N-dealkylation sites (tertiary alicyclic amines) is 1. The zero-order valence-electron chi connectivity index (χ0n) is 20.1. The monoisotopic (exact) mass is 494 g/mol. The maximum atomic E-state index is 14.1. The third kappa shape index (κ3) is 4.45. The molecule has 5 rings (SSSR count). The molecule has 2 fully saturated rings. The van der Waals surface area contributed by atoms with E-state index < -0.39 is 17.3 Å². The molecule has 0 unspecified atom stereocenters. The second-order valence-corrected chi connectivity index (χ2v) is 9.77. The van der Waals surface area contributed by atoms with Gasteiger partial charge in [0.15, 0.2) is 24.0 Å². The van der Waals surface area contributed by atoms with Crippen molar-refractivity contribution in [3.63, 3.8) is 0 Å². The molecule has 36 heavy (non-hydrogen) atoms. The van der Waals surface area contributed by atoms with Crippen molar-refractivity contribution >= 4 is 28.4 Å². The molecule has 1 aliphatic heterocycles. The molecule has 3 aromatic rings. The number of ether oxygens (including phenoxy) is 1. The van der Waals surface area contributed by atoms with Crippen molar-refractivity contribution in [2.45, 2.75) is 44.6 Å². The molecule has 10 heteroatoms. The van der Waals surface area contributed by atoms with E-state index in [4.69, 9.17) is 11.3 Å². The Hall–Kier alpha value is -3.74. The predicted octanol–water partition coefficient (Wildman–Crippen LogP) is 4.85. The van der Waals surface area contributed by atoms with Crippen LogP contribution < -0.4 is 9.64 Å². The van der Waals surface area contributed by atoms with Crippen LogP contribution in [0, 0.1) is 23.6 Å². The Kier molecular flexibility index (Phi) is 6.48. The van der Waals surface area contributed by atoms with Crippen LogP contribution in [0.3, 0.4) is 0 Å². The summed E-state index contributed by atoms with van der Waals surface area (Å²) in [5.41, 5.74) is 0.658. The molecule has 1 aliphatic carbocycles. The number of nitrogens with one attached hydrogen (secondary N) is 1. The summed E-state index contributed by atoms with van der Waals surface area (Å²) in [4.78, 5) is 31.5. The molecule has 0 atom stereocenters. The molecule has 1 N–H and O–H groups in total. The molecule has 0 bridgehead atoms. The van der Waals surface area contributed by atoms with Crippen LogP contribution in [0.2, 0.25) is 0 Å². The first-order chi connectivity index (χ1) is 17.4. The number of benzene rings is 1. The van der Waals surface area contributed by atoms with Crippen molar-refractivity contribution < 1.29 is 18.3 Å². The van der Waals surface area contributed by atoms with Crippen molar-refractivity contribution in [1.82, 2.24) is 19.9 Å². The number of rotatable bonds is 5. The molecule has 1 amide bonds. The number of nitrogens with zero attached hydrogens (tertiary/aromatic N) is 5. The first-order valence-electron chi connectivity index (χ1n) is 12.2. The Balaban J connectivity index is 1.13. The highest BCUT2D eigenvalue weighted by molar-refractivity contribution is 5.87. The summed E-state index contributed by atoms with van der Waals surface area (Å²) in [6, 6.07) is 4.74. The van der Waals surface area contributed by atoms with Crippen LogP contribution in [0.25, 0.3) is 15.9 Å². The number of hydrogen-bond acceptors (Lipinski definition) is 5. The van der Waals surface area contributed by atoms with Crippen LogP contribution >= 0.6 is 0 Å². The second kappa shape index (κ2) is 9.72. The van der Waals surface area contributed by atoms with Gasteiger partial charge in [-0.3, -0.25) is 4.79 Å². The molecule has 188 valence electrons. The van der Waals surface area contributed by atoms with Gasteiger partial charge >= 0.3 is 0 Å². The summed E-state index contributed by atoms with van der Waals surface area (Å²) in [5, 5.41) is 1.03. The van der Waals surface area contributed by atoms with Gasteiger partial charge in [-0.1, -0.05) is 0 Å². The number of carbonyl (C=O) groups is 1. The average Bonchev–Trinajstić information content (AvgIpc) is 3.39. The number of hydrogen-bond donors (Lipinski definition) is 1. The van der Waals surface area contributed by atoms with Crippen LogP contribution in [0.15, 0.2) is 30.7 Å². The van der Waals surface area contributed by atoms with Gasteiger partial charge in [0.05, 0.1) is 12.0 Å². The highest BCUT2D eigenvalue weighted by atomic mass is 19.2. The third-order valence-corrected chi connectivity index (χ3v) is 7.91. The number of piperidine rings is 1. The van der Waals surface area contributed by atoms with Crippen molar-refractivity contribution in [1.29, 1.82) is 0 Å².